The highest BCUT2D eigenvalue weighted by Gasteiger charge is 2.09. The van der Waals surface area contributed by atoms with E-state index >= 15 is 0 Å². The minimum Gasteiger partial charge on any atom is -0.481 e. The van der Waals surface area contributed by atoms with Crippen molar-refractivity contribution in [1.82, 2.24) is 5.32 Å². The third-order valence-electron chi connectivity index (χ3n) is 2.63. The molecule has 0 bridgehead atoms. The van der Waals surface area contributed by atoms with Crippen LogP contribution in [-0.4, -0.2) is 17.1 Å². The lowest BCUT2D eigenvalue weighted by Gasteiger charge is -2.14. The maximum atomic E-state index is 10.6. The standard InChI is InChI=1S/C13H19NO2/c1-3-12(8-13(15)16)14-9-11-6-4-10(2)5-7-11/h4-7,12,14H,3,8-9H2,1-2H3,(H,15,16). The van der Waals surface area contributed by atoms with E-state index in [1.54, 1.807) is 0 Å². The molecule has 0 spiro atoms. The van der Waals surface area contributed by atoms with E-state index < -0.39 is 5.97 Å². The molecule has 0 saturated heterocycles. The Hall–Kier alpha value is -1.35. The van der Waals surface area contributed by atoms with Gasteiger partial charge in [0.15, 0.2) is 0 Å². The third kappa shape index (κ3) is 4.45. The summed E-state index contributed by atoms with van der Waals surface area (Å²) >= 11 is 0. The largest absolute Gasteiger partial charge is 0.481 e. The second-order valence-electron chi connectivity index (χ2n) is 4.07. The molecule has 0 aliphatic carbocycles. The summed E-state index contributed by atoms with van der Waals surface area (Å²) in [4.78, 5) is 10.6. The van der Waals surface area contributed by atoms with Gasteiger partial charge in [-0.1, -0.05) is 36.8 Å². The molecular weight excluding hydrogens is 202 g/mol. The Labute approximate surface area is 96.5 Å². The van der Waals surface area contributed by atoms with Crippen molar-refractivity contribution in [2.45, 2.75) is 39.3 Å². The minimum atomic E-state index is -0.747. The number of carboxylic acid groups (broad SMARTS) is 1. The Bertz CT molecular complexity index is 332. The Morgan fingerprint density at radius 1 is 1.38 bits per heavy atom. The van der Waals surface area contributed by atoms with Crippen molar-refractivity contribution in [1.29, 1.82) is 0 Å². The molecule has 0 radical (unpaired) electrons. The number of benzene rings is 1. The number of carboxylic acids is 1. The quantitative estimate of drug-likeness (QED) is 0.775. The van der Waals surface area contributed by atoms with Gasteiger partial charge in [-0.05, 0) is 18.9 Å². The zero-order chi connectivity index (χ0) is 12.0. The summed E-state index contributed by atoms with van der Waals surface area (Å²) in [6.07, 6.45) is 1.01. The Morgan fingerprint density at radius 3 is 2.50 bits per heavy atom. The van der Waals surface area contributed by atoms with Gasteiger partial charge in [0.05, 0.1) is 6.42 Å². The number of aryl methyl sites for hydroxylation is 1. The van der Waals surface area contributed by atoms with Crippen LogP contribution >= 0.6 is 0 Å². The number of carbonyl (C=O) groups is 1. The van der Waals surface area contributed by atoms with Crippen LogP contribution in [0.5, 0.6) is 0 Å². The van der Waals surface area contributed by atoms with Gasteiger partial charge in [-0.25, -0.2) is 0 Å². The molecule has 0 heterocycles. The molecule has 2 N–H and O–H groups in total. The fraction of sp³-hybridized carbons (Fsp3) is 0.462. The average Bonchev–Trinajstić information content (AvgIpc) is 2.26. The first-order valence-corrected chi connectivity index (χ1v) is 5.62. The van der Waals surface area contributed by atoms with E-state index in [0.717, 1.165) is 13.0 Å². The highest BCUT2D eigenvalue weighted by atomic mass is 16.4. The van der Waals surface area contributed by atoms with E-state index in [-0.39, 0.29) is 12.5 Å². The number of nitrogens with one attached hydrogen (secondary N) is 1. The van der Waals surface area contributed by atoms with Crippen LogP contribution in [0.15, 0.2) is 24.3 Å². The zero-order valence-corrected chi connectivity index (χ0v) is 9.86. The molecule has 3 heteroatoms. The molecule has 16 heavy (non-hydrogen) atoms. The van der Waals surface area contributed by atoms with Gasteiger partial charge >= 0.3 is 5.97 Å². The molecule has 3 nitrogen and oxygen atoms in total. The SMILES string of the molecule is CCC(CC(=O)O)NCc1ccc(C)cc1. The van der Waals surface area contributed by atoms with E-state index in [1.807, 2.05) is 6.92 Å². The molecular formula is C13H19NO2. The summed E-state index contributed by atoms with van der Waals surface area (Å²) in [6.45, 7) is 4.78. The van der Waals surface area contributed by atoms with Crippen LogP contribution in [-0.2, 0) is 11.3 Å². The summed E-state index contributed by atoms with van der Waals surface area (Å²) < 4.78 is 0. The number of hydrogen-bond acceptors (Lipinski definition) is 2. The van der Waals surface area contributed by atoms with Crippen LogP contribution in [0.25, 0.3) is 0 Å². The number of rotatable bonds is 6. The van der Waals surface area contributed by atoms with Gasteiger partial charge in [0, 0.05) is 12.6 Å². The maximum Gasteiger partial charge on any atom is 0.304 e. The molecule has 1 aromatic carbocycles. The van der Waals surface area contributed by atoms with Gasteiger partial charge in [-0.3, -0.25) is 4.79 Å². The van der Waals surface area contributed by atoms with Gasteiger partial charge in [-0.2, -0.15) is 0 Å². The van der Waals surface area contributed by atoms with Crippen molar-refractivity contribution in [3.8, 4) is 0 Å². The Balaban J connectivity index is 2.43. The van der Waals surface area contributed by atoms with E-state index in [0.29, 0.717) is 0 Å². The van der Waals surface area contributed by atoms with Gasteiger partial charge < -0.3 is 10.4 Å². The molecule has 0 fully saturated rings. The van der Waals surface area contributed by atoms with Crippen molar-refractivity contribution in [3.05, 3.63) is 35.4 Å². The minimum absolute atomic E-state index is 0.0544. The smallest absolute Gasteiger partial charge is 0.304 e. The number of aliphatic carboxylic acids is 1. The van der Waals surface area contributed by atoms with Crippen molar-refractivity contribution in [2.24, 2.45) is 0 Å². The van der Waals surface area contributed by atoms with Crippen LogP contribution in [0.1, 0.15) is 30.9 Å². The molecule has 0 aliphatic rings. The first kappa shape index (κ1) is 12.7. The van der Waals surface area contributed by atoms with E-state index in [9.17, 15) is 4.79 Å². The first-order valence-electron chi connectivity index (χ1n) is 5.62. The van der Waals surface area contributed by atoms with Gasteiger partial charge in [0.1, 0.15) is 0 Å². The second kappa shape index (κ2) is 6.28. The van der Waals surface area contributed by atoms with Crippen LogP contribution in [0, 0.1) is 6.92 Å². The van der Waals surface area contributed by atoms with Crippen molar-refractivity contribution in [2.75, 3.05) is 0 Å². The lowest BCUT2D eigenvalue weighted by molar-refractivity contribution is -0.137. The molecule has 0 amide bonds. The molecule has 0 saturated carbocycles. The normalized spacial score (nSPS) is 12.4. The Kier molecular flexibility index (Phi) is 4.99. The van der Waals surface area contributed by atoms with Crippen LogP contribution < -0.4 is 5.32 Å². The monoisotopic (exact) mass is 221 g/mol. The van der Waals surface area contributed by atoms with Gasteiger partial charge in [0.25, 0.3) is 0 Å². The van der Waals surface area contributed by atoms with Crippen molar-refractivity contribution >= 4 is 5.97 Å². The van der Waals surface area contributed by atoms with Gasteiger partial charge in [0.2, 0.25) is 0 Å². The topological polar surface area (TPSA) is 49.3 Å². The summed E-state index contributed by atoms with van der Waals surface area (Å²) in [5.74, 6) is -0.747. The van der Waals surface area contributed by atoms with Crippen molar-refractivity contribution < 1.29 is 9.90 Å². The van der Waals surface area contributed by atoms with Crippen LogP contribution in [0.2, 0.25) is 0 Å². The fourth-order valence-electron chi connectivity index (χ4n) is 1.54. The summed E-state index contributed by atoms with van der Waals surface area (Å²) in [7, 11) is 0. The van der Waals surface area contributed by atoms with E-state index in [2.05, 4.69) is 36.5 Å². The Morgan fingerprint density at radius 2 is 2.00 bits per heavy atom. The highest BCUT2D eigenvalue weighted by molar-refractivity contribution is 5.67. The maximum absolute atomic E-state index is 10.6. The molecule has 0 aromatic heterocycles. The molecule has 88 valence electrons. The van der Waals surface area contributed by atoms with Crippen molar-refractivity contribution in [3.63, 3.8) is 0 Å². The van der Waals surface area contributed by atoms with Crippen LogP contribution in [0.4, 0.5) is 0 Å². The lowest BCUT2D eigenvalue weighted by atomic mass is 10.1. The van der Waals surface area contributed by atoms with E-state index in [4.69, 9.17) is 5.11 Å². The summed E-state index contributed by atoms with van der Waals surface area (Å²) in [5, 5.41) is 12.0. The number of hydrogen-bond donors (Lipinski definition) is 2. The van der Waals surface area contributed by atoms with Crippen LogP contribution in [0.3, 0.4) is 0 Å². The highest BCUT2D eigenvalue weighted by Crippen LogP contribution is 2.05. The average molecular weight is 221 g/mol. The van der Waals surface area contributed by atoms with E-state index in [1.165, 1.54) is 11.1 Å². The second-order valence-corrected chi connectivity index (χ2v) is 4.07. The predicted octanol–water partition coefficient (Wildman–Crippen LogP) is 2.34. The zero-order valence-electron chi connectivity index (χ0n) is 9.86. The van der Waals surface area contributed by atoms with Gasteiger partial charge in [-0.15, -0.1) is 0 Å². The molecule has 1 aromatic rings. The summed E-state index contributed by atoms with van der Waals surface area (Å²) in [5.41, 5.74) is 2.43. The lowest BCUT2D eigenvalue weighted by Crippen LogP contribution is -2.30. The fourth-order valence-corrected chi connectivity index (χ4v) is 1.54. The molecule has 0 aliphatic heterocycles. The first-order chi connectivity index (χ1) is 7.61. The molecule has 1 unspecified atom stereocenters. The third-order valence-corrected chi connectivity index (χ3v) is 2.63. The molecule has 1 rings (SSSR count). The summed E-state index contributed by atoms with van der Waals surface area (Å²) in [6, 6.07) is 8.31. The molecule has 1 atom stereocenters. The predicted molar refractivity (Wildman–Crippen MR) is 64.4 cm³/mol.